The Kier molecular flexibility index (Phi) is 21.6. The molecule has 0 spiro atoms. The number of benzene rings is 6. The van der Waals surface area contributed by atoms with Crippen LogP contribution in [0.2, 0.25) is 0 Å². The fourth-order valence-electron chi connectivity index (χ4n) is 6.10. The predicted octanol–water partition coefficient (Wildman–Crippen LogP) is 7.59. The third kappa shape index (κ3) is 20.1. The van der Waals surface area contributed by atoms with Gasteiger partial charge < -0.3 is 29.0 Å². The van der Waals surface area contributed by atoms with Gasteiger partial charge in [0.2, 0.25) is 20.0 Å². The van der Waals surface area contributed by atoms with Crippen LogP contribution in [0.25, 0.3) is 11.1 Å². The molecular weight excluding hydrogens is 1070 g/mol. The number of ether oxygens (including phenoxy) is 4. The Morgan fingerprint density at radius 1 is 0.608 bits per heavy atom. The molecule has 16 nitrogen and oxygen atoms in total. The van der Waals surface area contributed by atoms with Crippen molar-refractivity contribution >= 4 is 60.5 Å². The largest absolute Gasteiger partial charge is 0.488 e. The van der Waals surface area contributed by atoms with Gasteiger partial charge in [-0.15, -0.1) is 0 Å². The Morgan fingerprint density at radius 2 is 1.04 bits per heavy atom. The van der Waals surface area contributed by atoms with Crippen LogP contribution in [0.5, 0.6) is 11.5 Å². The van der Waals surface area contributed by atoms with Crippen molar-refractivity contribution in [1.29, 1.82) is 10.5 Å². The van der Waals surface area contributed by atoms with E-state index in [0.717, 1.165) is 24.3 Å². The van der Waals surface area contributed by atoms with E-state index in [2.05, 4.69) is 31.4 Å². The Morgan fingerprint density at radius 3 is 1.49 bits per heavy atom. The van der Waals surface area contributed by atoms with E-state index in [0.29, 0.717) is 54.8 Å². The monoisotopic (exact) mass is 1120 g/mol. The van der Waals surface area contributed by atoms with Crippen LogP contribution >= 0.6 is 15.9 Å². The molecule has 0 aromatic heterocycles. The molecule has 388 valence electrons. The maximum absolute atomic E-state index is 13.1. The van der Waals surface area contributed by atoms with Gasteiger partial charge in [-0.2, -0.15) is 10.5 Å². The molecule has 0 unspecified atom stereocenters. The molecule has 0 saturated heterocycles. The number of hydrogen-bond acceptors (Lipinski definition) is 14. The van der Waals surface area contributed by atoms with Crippen LogP contribution in [0, 0.1) is 34.3 Å². The van der Waals surface area contributed by atoms with Crippen LogP contribution in [-0.4, -0.2) is 70.4 Å². The van der Waals surface area contributed by atoms with Gasteiger partial charge in [0.25, 0.3) is 0 Å². The molecule has 0 amide bonds. The van der Waals surface area contributed by atoms with Crippen molar-refractivity contribution in [3.63, 3.8) is 0 Å². The van der Waals surface area contributed by atoms with Gasteiger partial charge in [-0.25, -0.2) is 44.6 Å². The number of carbonyl (C=O) groups excluding carboxylic acids is 2. The summed E-state index contributed by atoms with van der Waals surface area (Å²) in [6.45, 7) is 9.99. The molecule has 6 aromatic rings. The number of rotatable bonds is 16. The fourth-order valence-corrected chi connectivity index (χ4v) is 8.68. The second kappa shape index (κ2) is 26.8. The van der Waals surface area contributed by atoms with Crippen LogP contribution in [0.4, 0.5) is 8.78 Å². The molecule has 0 saturated carbocycles. The van der Waals surface area contributed by atoms with E-state index in [1.165, 1.54) is 30.3 Å². The summed E-state index contributed by atoms with van der Waals surface area (Å²) in [6.07, 6.45) is 0. The van der Waals surface area contributed by atoms with Gasteiger partial charge in [0.05, 0.1) is 37.5 Å². The highest BCUT2D eigenvalue weighted by Crippen LogP contribution is 2.32. The molecule has 0 aliphatic heterocycles. The Balaban J connectivity index is 0.000000270. The summed E-state index contributed by atoms with van der Waals surface area (Å²) < 4.78 is 103. The highest BCUT2D eigenvalue weighted by atomic mass is 79.9. The van der Waals surface area contributed by atoms with E-state index in [1.54, 1.807) is 120 Å². The zero-order valence-corrected chi connectivity index (χ0v) is 44.1. The number of sulfonamides is 2. The van der Waals surface area contributed by atoms with E-state index in [1.807, 2.05) is 6.07 Å². The number of nitriles is 2. The number of carbonyl (C=O) groups is 2. The Bertz CT molecular complexity index is 3210. The average Bonchev–Trinajstić information content (AvgIpc) is 3.34. The van der Waals surface area contributed by atoms with Crippen molar-refractivity contribution < 1.29 is 64.2 Å². The molecule has 6 aromatic carbocycles. The lowest BCUT2D eigenvalue weighted by Gasteiger charge is -2.20. The van der Waals surface area contributed by atoms with Crippen molar-refractivity contribution in [2.24, 2.45) is 0 Å². The lowest BCUT2D eigenvalue weighted by atomic mass is 9.80. The first-order chi connectivity index (χ1) is 34.7. The molecule has 0 aliphatic carbocycles. The summed E-state index contributed by atoms with van der Waals surface area (Å²) in [7, 11) is -9.12. The molecule has 0 aliphatic rings. The van der Waals surface area contributed by atoms with Crippen molar-refractivity contribution in [3.05, 3.63) is 172 Å². The molecule has 0 heterocycles. The van der Waals surface area contributed by atoms with Gasteiger partial charge in [-0.3, -0.25) is 0 Å². The maximum Gasteiger partial charge on any atom is 0.488 e. The first-order valence-electron chi connectivity index (χ1n) is 22.1. The molecule has 0 bridgehead atoms. The van der Waals surface area contributed by atoms with Gasteiger partial charge in [-0.05, 0) is 177 Å². The molecule has 6 rings (SSSR count). The van der Waals surface area contributed by atoms with Gasteiger partial charge in [0, 0.05) is 18.7 Å². The summed E-state index contributed by atoms with van der Waals surface area (Å²) in [5.74, 6) is -1.27. The standard InChI is InChI=1S/C26H25FN2O5S.C19H21BrFNO5S.C7H6BNO2/c1-26(2,3)34-25(30)17-33-24-12-7-19(14-23(24)20-6-4-5-18(13-20)15-28)16-29-35(31,32)22-10-8-21(27)9-11-22;1-19(2,3)27-18(23)12-26-17-9-4-13(10-16(17)20)11-22-28(24,25)15-7-5-14(21)6-8-15;9-5-6-2-1-3-7(4-6)8(10)11/h4-14,29H,16-17H2,1-3H3;4-10,22H,11-12H2,1-3H3;1-4,10-11H. The van der Waals surface area contributed by atoms with E-state index >= 15 is 0 Å². The van der Waals surface area contributed by atoms with Crippen molar-refractivity contribution in [2.75, 3.05) is 13.2 Å². The summed E-state index contributed by atoms with van der Waals surface area (Å²) >= 11 is 3.34. The number of halogens is 3. The smallest absolute Gasteiger partial charge is 0.481 e. The Labute approximate surface area is 437 Å². The maximum atomic E-state index is 13.1. The van der Waals surface area contributed by atoms with Gasteiger partial charge >= 0.3 is 19.1 Å². The van der Waals surface area contributed by atoms with E-state index in [9.17, 15) is 40.5 Å². The number of esters is 2. The summed E-state index contributed by atoms with van der Waals surface area (Å²) in [4.78, 5) is 23.8. The number of nitrogens with zero attached hydrogens (tertiary/aromatic N) is 2. The summed E-state index contributed by atoms with van der Waals surface area (Å²) in [6, 6.07) is 36.0. The van der Waals surface area contributed by atoms with Crippen molar-refractivity contribution in [1.82, 2.24) is 9.44 Å². The molecule has 0 radical (unpaired) electrons. The lowest BCUT2D eigenvalue weighted by Crippen LogP contribution is -2.29. The highest BCUT2D eigenvalue weighted by Gasteiger charge is 2.21. The molecule has 0 atom stereocenters. The molecule has 4 N–H and O–H groups in total. The van der Waals surface area contributed by atoms with Crippen LogP contribution < -0.4 is 24.4 Å². The molecular formula is C52H52BBrF2N4O12S2. The van der Waals surface area contributed by atoms with Crippen molar-refractivity contribution in [2.45, 2.75) is 75.6 Å². The third-order valence-electron chi connectivity index (χ3n) is 9.37. The van der Waals surface area contributed by atoms with Crippen molar-refractivity contribution in [3.8, 4) is 34.8 Å². The van der Waals surface area contributed by atoms with Gasteiger partial charge in [0.15, 0.2) is 13.2 Å². The second-order valence-electron chi connectivity index (χ2n) is 17.7. The fraction of sp³-hybridized carbons (Fsp3) is 0.231. The van der Waals surface area contributed by atoms with Crippen LogP contribution in [-0.2, 0) is 52.2 Å². The minimum Gasteiger partial charge on any atom is -0.481 e. The zero-order chi connectivity index (χ0) is 54.9. The van der Waals surface area contributed by atoms with Crippen LogP contribution in [0.3, 0.4) is 0 Å². The average molecular weight is 1120 g/mol. The lowest BCUT2D eigenvalue weighted by molar-refractivity contribution is -0.158. The highest BCUT2D eigenvalue weighted by molar-refractivity contribution is 9.10. The quantitative estimate of drug-likeness (QED) is 0.0539. The first kappa shape index (κ1) is 59.5. The van der Waals surface area contributed by atoms with E-state index in [-0.39, 0.29) is 36.1 Å². The topological polar surface area (TPSA) is 251 Å². The first-order valence-corrected chi connectivity index (χ1v) is 25.9. The summed E-state index contributed by atoms with van der Waals surface area (Å²) in [5, 5.41) is 35.1. The molecule has 22 heteroatoms. The van der Waals surface area contributed by atoms with Crippen LogP contribution in [0.1, 0.15) is 63.8 Å². The van der Waals surface area contributed by atoms with Gasteiger partial charge in [0.1, 0.15) is 34.3 Å². The Hall–Kier alpha value is -7.02. The third-order valence-corrected chi connectivity index (χ3v) is 12.8. The van der Waals surface area contributed by atoms with Gasteiger partial charge in [-0.1, -0.05) is 36.4 Å². The minimum atomic E-state index is -3.86. The molecule has 0 fully saturated rings. The number of nitrogens with one attached hydrogen (secondary N) is 2. The van der Waals surface area contributed by atoms with Crippen LogP contribution in [0.15, 0.2) is 148 Å². The predicted molar refractivity (Wildman–Crippen MR) is 275 cm³/mol. The zero-order valence-electron chi connectivity index (χ0n) is 40.9. The van der Waals surface area contributed by atoms with E-state index in [4.69, 9.17) is 34.3 Å². The number of hydrogen-bond donors (Lipinski definition) is 4. The minimum absolute atomic E-state index is 0.0229. The van der Waals surface area contributed by atoms with E-state index < -0.39 is 61.9 Å². The second-order valence-corrected chi connectivity index (χ2v) is 22.1. The summed E-state index contributed by atoms with van der Waals surface area (Å²) in [5.41, 5.74) is 2.46. The molecule has 74 heavy (non-hydrogen) atoms. The SMILES string of the molecule is CC(C)(C)OC(=O)COc1ccc(CNS(=O)(=O)c2ccc(F)cc2)cc1-c1cccc(C#N)c1.CC(C)(C)OC(=O)COc1ccc(CNS(=O)(=O)c2ccc(F)cc2)cc1Br.N#Cc1cccc(B(O)O)c1. The normalized spacial score (nSPS) is 11.3.